The number of carbonyl (C=O) groups excluding carboxylic acids is 1. The smallest absolute Gasteiger partial charge is 0.271 e. The molecule has 3 rings (SSSR count). The average molecular weight is 365 g/mol. The lowest BCUT2D eigenvalue weighted by atomic mass is 10.1. The minimum absolute atomic E-state index is 0.0707. The van der Waals surface area contributed by atoms with Gasteiger partial charge in [0.15, 0.2) is 11.5 Å². The van der Waals surface area contributed by atoms with E-state index in [0.29, 0.717) is 17.2 Å². The first kappa shape index (κ1) is 18.5. The molecule has 0 spiro atoms. The Morgan fingerprint density at radius 2 is 2.22 bits per heavy atom. The molecule has 1 aliphatic rings. The lowest BCUT2D eigenvalue weighted by molar-refractivity contribution is 0.0996. The number of likely N-dealkylation sites (N-methyl/N-ethyl adjacent to an activating group) is 1. The topological polar surface area (TPSA) is 117 Å². The number of primary amides is 1. The molecule has 0 bridgehead atoms. The van der Waals surface area contributed by atoms with Gasteiger partial charge in [-0.3, -0.25) is 9.79 Å². The second kappa shape index (κ2) is 7.55. The van der Waals surface area contributed by atoms with Crippen molar-refractivity contribution in [3.8, 4) is 0 Å². The van der Waals surface area contributed by atoms with E-state index in [1.54, 1.807) is 12.1 Å². The van der Waals surface area contributed by atoms with E-state index in [2.05, 4.69) is 44.2 Å². The Bertz CT molecular complexity index is 890. The zero-order valence-corrected chi connectivity index (χ0v) is 15.2. The third-order valence-corrected chi connectivity index (χ3v) is 4.68. The Kier molecular flexibility index (Phi) is 5.18. The lowest BCUT2D eigenvalue weighted by Gasteiger charge is -2.16. The second-order valence-electron chi connectivity index (χ2n) is 6.46. The van der Waals surface area contributed by atoms with Gasteiger partial charge in [0.1, 0.15) is 5.82 Å². The van der Waals surface area contributed by atoms with Crippen LogP contribution in [-0.2, 0) is 0 Å². The van der Waals surface area contributed by atoms with Crippen molar-refractivity contribution < 1.29 is 4.79 Å². The normalized spacial score (nSPS) is 14.3. The van der Waals surface area contributed by atoms with E-state index >= 15 is 0 Å². The minimum atomic E-state index is -0.654. The number of nitrogens with zero attached hydrogens (tertiary/aromatic N) is 3. The molecule has 140 valence electrons. The van der Waals surface area contributed by atoms with Crippen molar-refractivity contribution in [2.24, 2.45) is 10.7 Å². The van der Waals surface area contributed by atoms with E-state index in [4.69, 9.17) is 5.73 Å². The van der Waals surface area contributed by atoms with Crippen molar-refractivity contribution in [3.63, 3.8) is 0 Å². The molecule has 0 radical (unpaired) electrons. The van der Waals surface area contributed by atoms with Gasteiger partial charge in [-0.2, -0.15) is 0 Å². The highest BCUT2D eigenvalue weighted by molar-refractivity contribution is 5.96. The fourth-order valence-corrected chi connectivity index (χ4v) is 2.74. The van der Waals surface area contributed by atoms with Crippen LogP contribution in [0, 0.1) is 0 Å². The van der Waals surface area contributed by atoms with E-state index < -0.39 is 5.91 Å². The van der Waals surface area contributed by atoms with E-state index in [9.17, 15) is 4.79 Å². The van der Waals surface area contributed by atoms with Gasteiger partial charge in [0, 0.05) is 23.3 Å². The molecule has 8 nitrogen and oxygen atoms in total. The summed E-state index contributed by atoms with van der Waals surface area (Å²) in [6.07, 6.45) is 5.42. The first-order valence-electron chi connectivity index (χ1n) is 8.60. The van der Waals surface area contributed by atoms with E-state index in [1.165, 1.54) is 6.20 Å². The molecule has 0 saturated heterocycles. The number of carbonyl (C=O) groups is 1. The Labute approximate surface area is 158 Å². The predicted octanol–water partition coefficient (Wildman–Crippen LogP) is 2.46. The Balaban J connectivity index is 1.85. The van der Waals surface area contributed by atoms with Gasteiger partial charge in [0.05, 0.1) is 11.9 Å². The van der Waals surface area contributed by atoms with Crippen molar-refractivity contribution in [2.45, 2.75) is 18.4 Å². The summed E-state index contributed by atoms with van der Waals surface area (Å²) in [5.74, 6) is 0.201. The molecule has 5 N–H and O–H groups in total. The fraction of sp³-hybridized carbons (Fsp3) is 0.263. The molecule has 0 unspecified atom stereocenters. The number of aliphatic imine (C=N–C) groups is 1. The van der Waals surface area contributed by atoms with Crippen LogP contribution in [0.2, 0.25) is 0 Å². The summed E-state index contributed by atoms with van der Waals surface area (Å²) >= 11 is 0. The maximum Gasteiger partial charge on any atom is 0.271 e. The molecule has 27 heavy (non-hydrogen) atoms. The summed E-state index contributed by atoms with van der Waals surface area (Å²) < 4.78 is 0. The quantitative estimate of drug-likeness (QED) is 0.507. The summed E-state index contributed by atoms with van der Waals surface area (Å²) in [4.78, 5) is 24.3. The van der Waals surface area contributed by atoms with Gasteiger partial charge in [-0.15, -0.1) is 0 Å². The summed E-state index contributed by atoms with van der Waals surface area (Å²) in [5.41, 5.74) is 7.86. The van der Waals surface area contributed by atoms with Crippen LogP contribution >= 0.6 is 0 Å². The van der Waals surface area contributed by atoms with Crippen LogP contribution in [0.3, 0.4) is 0 Å². The largest absolute Gasteiger partial charge is 0.367 e. The molecule has 2 aromatic rings. The molecule has 1 aromatic carbocycles. The van der Waals surface area contributed by atoms with Crippen LogP contribution in [0.15, 0.2) is 36.0 Å². The number of benzene rings is 1. The molecule has 1 amide bonds. The minimum Gasteiger partial charge on any atom is -0.367 e. The highest BCUT2D eigenvalue weighted by atomic mass is 16.1. The second-order valence-corrected chi connectivity index (χ2v) is 6.46. The molecule has 1 saturated carbocycles. The van der Waals surface area contributed by atoms with Crippen LogP contribution in [0.25, 0.3) is 6.08 Å². The maximum atomic E-state index is 11.7. The van der Waals surface area contributed by atoms with Crippen molar-refractivity contribution in [1.29, 1.82) is 0 Å². The monoisotopic (exact) mass is 365 g/mol. The molecule has 0 aliphatic heterocycles. The van der Waals surface area contributed by atoms with Gasteiger partial charge in [-0.25, -0.2) is 9.97 Å². The summed E-state index contributed by atoms with van der Waals surface area (Å²) in [5, 5.41) is 9.68. The van der Waals surface area contributed by atoms with Gasteiger partial charge in [-0.05, 0) is 44.8 Å². The lowest BCUT2D eigenvalue weighted by Crippen LogP contribution is -2.35. The molecule has 1 heterocycles. The van der Waals surface area contributed by atoms with E-state index in [0.717, 1.165) is 24.9 Å². The number of amides is 1. The van der Waals surface area contributed by atoms with Crippen LogP contribution in [-0.4, -0.2) is 41.7 Å². The van der Waals surface area contributed by atoms with Gasteiger partial charge in [0.25, 0.3) is 5.91 Å². The number of rotatable bonds is 9. The van der Waals surface area contributed by atoms with Crippen LogP contribution < -0.4 is 21.7 Å². The molecule has 8 heteroatoms. The van der Waals surface area contributed by atoms with Crippen LogP contribution in [0.5, 0.6) is 0 Å². The number of nitrogens with one attached hydrogen (secondary N) is 3. The molecular weight excluding hydrogens is 342 g/mol. The molecule has 0 atom stereocenters. The SMILES string of the molecule is C=Cc1cc(Nc2nc(NCC3(NC)CC3)cnc2C(N)=O)ccc1N=C. The fourth-order valence-electron chi connectivity index (χ4n) is 2.74. The average Bonchev–Trinajstić information content (AvgIpc) is 3.46. The zero-order valence-electron chi connectivity index (χ0n) is 15.2. The Morgan fingerprint density at radius 3 is 2.81 bits per heavy atom. The van der Waals surface area contributed by atoms with Crippen LogP contribution in [0.1, 0.15) is 28.9 Å². The van der Waals surface area contributed by atoms with E-state index in [1.807, 2.05) is 19.2 Å². The van der Waals surface area contributed by atoms with Gasteiger partial charge >= 0.3 is 0 Å². The highest BCUT2D eigenvalue weighted by Crippen LogP contribution is 2.34. The number of nitrogens with two attached hydrogens (primary N) is 1. The Hall–Kier alpha value is -3.26. The predicted molar refractivity (Wildman–Crippen MR) is 109 cm³/mol. The maximum absolute atomic E-state index is 11.7. The number of aromatic nitrogens is 2. The van der Waals surface area contributed by atoms with E-state index in [-0.39, 0.29) is 17.1 Å². The summed E-state index contributed by atoms with van der Waals surface area (Å²) in [7, 11) is 1.95. The number of hydrogen-bond donors (Lipinski definition) is 4. The van der Waals surface area contributed by atoms with Gasteiger partial charge in [-0.1, -0.05) is 12.7 Å². The third-order valence-electron chi connectivity index (χ3n) is 4.68. The van der Waals surface area contributed by atoms with Crippen molar-refractivity contribution in [3.05, 3.63) is 42.2 Å². The first-order valence-corrected chi connectivity index (χ1v) is 8.60. The highest BCUT2D eigenvalue weighted by Gasteiger charge is 2.40. The van der Waals surface area contributed by atoms with Crippen molar-refractivity contribution in [1.82, 2.24) is 15.3 Å². The number of anilines is 3. The first-order chi connectivity index (χ1) is 13.0. The molecule has 1 aromatic heterocycles. The summed E-state index contributed by atoms with van der Waals surface area (Å²) in [6.45, 7) is 8.04. The van der Waals surface area contributed by atoms with Crippen molar-refractivity contribution >= 4 is 41.7 Å². The zero-order chi connectivity index (χ0) is 19.4. The standard InChI is InChI=1S/C19H23N7O/c1-4-12-9-13(5-6-14(12)21-2)25-18-16(17(20)27)23-10-15(26-18)24-11-19(22-3)7-8-19/h4-6,9-10,22H,1-2,7-8,11H2,3H3,(H2,20,27)(H2,24,25,26). The van der Waals surface area contributed by atoms with Gasteiger partial charge < -0.3 is 21.7 Å². The third kappa shape index (κ3) is 4.12. The van der Waals surface area contributed by atoms with Gasteiger partial charge in [0.2, 0.25) is 0 Å². The Morgan fingerprint density at radius 1 is 1.44 bits per heavy atom. The summed E-state index contributed by atoms with van der Waals surface area (Å²) in [6, 6.07) is 5.45. The van der Waals surface area contributed by atoms with Crippen LogP contribution in [0.4, 0.5) is 23.0 Å². The molecular formula is C19H23N7O. The molecule has 1 aliphatic carbocycles. The molecule has 1 fully saturated rings. The number of hydrogen-bond acceptors (Lipinski definition) is 7. The van der Waals surface area contributed by atoms with Crippen molar-refractivity contribution in [2.75, 3.05) is 24.2 Å².